The summed E-state index contributed by atoms with van der Waals surface area (Å²) in [5.74, 6) is -19.9. The Hall–Kier alpha value is -13.3. The predicted octanol–water partition coefficient (Wildman–Crippen LogP) is -2.32. The molecule has 4 aliphatic rings. The van der Waals surface area contributed by atoms with Gasteiger partial charge in [-0.05, 0) is 99.8 Å². The number of aromatic nitrogens is 4. The van der Waals surface area contributed by atoms with Crippen molar-refractivity contribution in [2.24, 2.45) is 17.8 Å². The number of carboxylic acids is 2. The summed E-state index contributed by atoms with van der Waals surface area (Å²) in [5.41, 5.74) is 2.37. The van der Waals surface area contributed by atoms with E-state index in [4.69, 9.17) is 25.4 Å². The molecule has 792 valence electrons. The molecule has 2 bridgehead atoms. The maximum atomic E-state index is 15.7. The number of benzene rings is 2. The molecule has 0 radical (unpaired) electrons. The lowest BCUT2D eigenvalue weighted by atomic mass is 9.98. The first-order valence-electron chi connectivity index (χ1n) is 48.5. The van der Waals surface area contributed by atoms with Gasteiger partial charge in [-0.1, -0.05) is 99.5 Å². The van der Waals surface area contributed by atoms with Crippen molar-refractivity contribution < 1.29 is 125 Å². The molecule has 47 nitrogen and oxygen atoms in total. The Kier molecular flexibility index (Phi) is 46.1. The summed E-state index contributed by atoms with van der Waals surface area (Å²) in [6, 6.07) is -11.1. The van der Waals surface area contributed by atoms with Crippen LogP contribution in [0, 0.1) is 30.1 Å². The average Bonchev–Trinajstić information content (AvgIpc) is 1.65. The summed E-state index contributed by atoms with van der Waals surface area (Å²) < 4.78 is 22.3. The minimum Gasteiger partial charge on any atom is -0.481 e. The number of aliphatic hydroxyl groups is 1. The van der Waals surface area contributed by atoms with E-state index in [0.717, 1.165) is 31.4 Å². The molecular formula is C96H135N21O26S2. The van der Waals surface area contributed by atoms with E-state index in [-0.39, 0.29) is 135 Å². The molecule has 2 aromatic carbocycles. The Morgan fingerprint density at radius 3 is 1.58 bits per heavy atom. The molecule has 5 aromatic rings. The minimum absolute atomic E-state index is 0.0527. The van der Waals surface area contributed by atoms with Crippen molar-refractivity contribution in [2.75, 3.05) is 90.5 Å². The van der Waals surface area contributed by atoms with Gasteiger partial charge in [0.2, 0.25) is 100 Å². The molecule has 0 saturated carbocycles. The van der Waals surface area contributed by atoms with Crippen LogP contribution in [-0.4, -0.2) is 345 Å². The predicted molar refractivity (Wildman–Crippen MR) is 528 cm³/mol. The van der Waals surface area contributed by atoms with Gasteiger partial charge < -0.3 is 139 Å². The number of carboxylic acid groups (broad SMARTS) is 2. The lowest BCUT2D eigenvalue weighted by Crippen LogP contribution is -2.63. The van der Waals surface area contributed by atoms with Crippen LogP contribution in [0.5, 0.6) is 0 Å². The number of terminal acetylenes is 1. The van der Waals surface area contributed by atoms with Crippen LogP contribution >= 0.6 is 21.6 Å². The number of fused-ring (bicyclic) bond motifs is 9. The topological polar surface area (TPSA) is 669 Å². The van der Waals surface area contributed by atoms with Crippen LogP contribution < -0.4 is 79.8 Å². The quantitative estimate of drug-likeness (QED) is 0.0114. The molecule has 4 fully saturated rings. The fourth-order valence-electron chi connectivity index (χ4n) is 16.8. The van der Waals surface area contributed by atoms with Crippen LogP contribution in [-0.2, 0) is 129 Å². The van der Waals surface area contributed by atoms with Gasteiger partial charge >= 0.3 is 11.9 Å². The highest BCUT2D eigenvalue weighted by Crippen LogP contribution is 2.30. The lowest BCUT2D eigenvalue weighted by molar-refractivity contribution is -0.149. The summed E-state index contributed by atoms with van der Waals surface area (Å²) in [7, 11) is 1.50. The first kappa shape index (κ1) is 115. The SMILES string of the molecule is C#CCCCC(=O)NCCOCCOCCOCCOCCC(=O)N[C@H]1C[C@H]2C(=O)N[C@@H](CC(=O)O)C(=O)N[C@H]3CSSC[C@H](NC(=O)[C@H](Cc4c[nH]c5ccccc45)NC(=O)[C@H](C(C)C)NC(=O)[C@H](CC(C)C)NC(=O)[C@H](CCC(=O)O)NC(=O)CNC(=O)[C@H](CC(C)C)NC(=O)[C@H](Cc4cnc[nH]4)NC(=O)[C@H](Cc4c[nH]c5ccccc45)NC(=O)[C@H](C)NC3=O)C(=O)N[C@@H]([C@@H](C)O)C(=O)N3CCC[C@@H]3C(=O)N2C1. The van der Waals surface area contributed by atoms with E-state index in [0.29, 0.717) is 58.7 Å². The van der Waals surface area contributed by atoms with Crippen molar-refractivity contribution in [3.8, 4) is 12.3 Å². The van der Waals surface area contributed by atoms with Crippen LogP contribution in [0.25, 0.3) is 21.8 Å². The second-order valence-corrected chi connectivity index (χ2v) is 39.6. The van der Waals surface area contributed by atoms with Gasteiger partial charge in [-0.2, -0.15) is 0 Å². The summed E-state index contributed by atoms with van der Waals surface area (Å²) in [6.45, 7) is 12.4. The normalized spacial score (nSPS) is 24.4. The maximum Gasteiger partial charge on any atom is 0.305 e. The molecule has 49 heteroatoms. The number of aromatic amines is 3. The van der Waals surface area contributed by atoms with Gasteiger partial charge in [-0.3, -0.25) is 91.1 Å². The van der Waals surface area contributed by atoms with Gasteiger partial charge in [0.25, 0.3) is 0 Å². The van der Waals surface area contributed by atoms with Crippen LogP contribution in [0.4, 0.5) is 0 Å². The number of hydrogen-bond donors (Lipinski definition) is 21. The Morgan fingerprint density at radius 2 is 1.02 bits per heavy atom. The third-order valence-electron chi connectivity index (χ3n) is 24.3. The zero-order valence-corrected chi connectivity index (χ0v) is 84.0. The van der Waals surface area contributed by atoms with Crippen LogP contribution in [0.3, 0.4) is 0 Å². The number of imidazole rings is 1. The fourth-order valence-corrected chi connectivity index (χ4v) is 19.1. The first-order valence-corrected chi connectivity index (χ1v) is 51.0. The third kappa shape index (κ3) is 36.5. The second kappa shape index (κ2) is 58.0. The fraction of sp³-hybridized carbons (Fsp3) is 0.583. The van der Waals surface area contributed by atoms with Crippen molar-refractivity contribution in [2.45, 2.75) is 248 Å². The van der Waals surface area contributed by atoms with Crippen molar-refractivity contribution >= 4 is 156 Å². The second-order valence-electron chi connectivity index (χ2n) is 37.1. The van der Waals surface area contributed by atoms with Crippen LogP contribution in [0.2, 0.25) is 0 Å². The molecule has 7 heterocycles. The molecule has 0 aliphatic carbocycles. The number of carbonyl (C=O) groups is 19. The Bertz CT molecular complexity index is 5360. The third-order valence-corrected chi connectivity index (χ3v) is 26.7. The van der Waals surface area contributed by atoms with Gasteiger partial charge in [0.15, 0.2) is 0 Å². The van der Waals surface area contributed by atoms with Crippen molar-refractivity contribution in [1.82, 2.24) is 109 Å². The van der Waals surface area contributed by atoms with Crippen molar-refractivity contribution in [3.05, 3.63) is 90.3 Å². The van der Waals surface area contributed by atoms with Gasteiger partial charge in [0.05, 0.1) is 78.3 Å². The molecule has 17 amide bonds. The van der Waals surface area contributed by atoms with E-state index in [1.165, 1.54) is 26.4 Å². The molecule has 21 N–H and O–H groups in total. The van der Waals surface area contributed by atoms with Gasteiger partial charge in [-0.15, -0.1) is 12.3 Å². The molecule has 9 rings (SSSR count). The zero-order valence-electron chi connectivity index (χ0n) is 82.4. The number of hydrogen-bond acceptors (Lipinski definition) is 27. The molecule has 0 unspecified atom stereocenters. The molecular weight excluding hydrogens is 1930 g/mol. The number of unbranched alkanes of at least 4 members (excludes halogenated alkanes) is 1. The number of amides is 17. The van der Waals surface area contributed by atoms with E-state index in [9.17, 15) is 58.5 Å². The number of rotatable bonds is 36. The van der Waals surface area contributed by atoms with E-state index < -0.39 is 259 Å². The van der Waals surface area contributed by atoms with E-state index in [1.807, 2.05) is 0 Å². The lowest BCUT2D eigenvalue weighted by Gasteiger charge is -2.34. The highest BCUT2D eigenvalue weighted by Gasteiger charge is 2.49. The molecule has 3 aromatic heterocycles. The summed E-state index contributed by atoms with van der Waals surface area (Å²) in [6.07, 6.45) is 6.41. The summed E-state index contributed by atoms with van der Waals surface area (Å²) in [4.78, 5) is 293. The van der Waals surface area contributed by atoms with E-state index in [1.54, 1.807) is 102 Å². The van der Waals surface area contributed by atoms with Crippen molar-refractivity contribution in [1.29, 1.82) is 0 Å². The zero-order chi connectivity index (χ0) is 106. The number of carbonyl (C=O) groups excluding carboxylic acids is 17. The van der Waals surface area contributed by atoms with Crippen LogP contribution in [0.1, 0.15) is 149 Å². The molecule has 4 saturated heterocycles. The number of aliphatic carboxylic acids is 2. The summed E-state index contributed by atoms with van der Waals surface area (Å²) >= 11 is 0. The Morgan fingerprint density at radius 1 is 0.510 bits per heavy atom. The highest BCUT2D eigenvalue weighted by atomic mass is 33.1. The summed E-state index contributed by atoms with van der Waals surface area (Å²) in [5, 5.41) is 72.6. The number of H-pyrrole nitrogens is 3. The number of para-hydroxylation sites is 2. The number of aliphatic hydroxyl groups excluding tert-OH is 1. The molecule has 16 atom stereocenters. The largest absolute Gasteiger partial charge is 0.481 e. The monoisotopic (exact) mass is 2060 g/mol. The molecule has 4 aliphatic heterocycles. The number of ether oxygens (including phenoxy) is 4. The van der Waals surface area contributed by atoms with Gasteiger partial charge in [-0.25, -0.2) is 4.98 Å². The maximum absolute atomic E-state index is 15.7. The number of nitrogens with one attached hydrogen (secondary N) is 18. The Labute approximate surface area is 845 Å². The number of nitrogens with zero attached hydrogens (tertiary/aromatic N) is 3. The van der Waals surface area contributed by atoms with Gasteiger partial charge in [0.1, 0.15) is 84.6 Å². The van der Waals surface area contributed by atoms with E-state index >= 15 is 47.9 Å². The van der Waals surface area contributed by atoms with Crippen molar-refractivity contribution in [3.63, 3.8) is 0 Å². The first-order chi connectivity index (χ1) is 69.2. The average molecular weight is 2060 g/mol. The standard InChI is InChI=1S/C96H135N21O26S2/c1-10-11-12-23-76(119)98-27-30-141-32-34-143-36-35-142-33-31-140-29-26-77(120)104-60-42-75-93(136)110-71(43-80(124)125)89(132)112-72-49-144-145-50-73(92(135)115-82(56(9)118)96(139)116-28-17-22-74(116)95(138)117(75)48-60)113-87(130)69(40-58-45-100-64-21-16-14-19-62(58)64)111-94(137)81(54(6)7)114-90(133)67(38-53(4)5)108-85(128)65(24-25-79(122)123)105-78(121)47-101-84(127)66(37-52(2)3)107-88(131)70(41-59-46-97-51-102-59)109-86(129)68(106-83(126)55(8)103-91(72)134)39-57-44-99-63-20-15-13-18-61(57)63/h1,13-16,18-21,44-46,51-56,60,65-75,81-82,99-100,118H,11-12,17,22-43,47-50H2,2-9H3,(H,97,102)(H,98,119)(H,101,127)(H,103,134)(H,104,120)(H,105,121)(H,106,126)(H,107,131)(H,108,128)(H,109,129)(H,110,136)(H,111,137)(H,112,132)(H,113,130)(H,114,133)(H,115,135)(H,122,123)(H,124,125)/t55-,56+,60-,65-,66-,67-,68-,69-,70-,71-,72-,73-,74+,75-,81-,82-/m0/s1. The van der Waals surface area contributed by atoms with Crippen LogP contribution in [0.15, 0.2) is 73.4 Å². The minimum atomic E-state index is -2.11. The molecule has 0 spiro atoms. The Balaban J connectivity index is 1.07. The smallest absolute Gasteiger partial charge is 0.305 e. The van der Waals surface area contributed by atoms with Gasteiger partial charge in [0, 0.05) is 128 Å². The highest BCUT2D eigenvalue weighted by molar-refractivity contribution is 8.76. The molecule has 145 heavy (non-hydrogen) atoms. The van der Waals surface area contributed by atoms with E-state index in [2.05, 4.69) is 106 Å².